The molecule has 1 N–H and O–H groups in total. The Morgan fingerprint density at radius 2 is 1.63 bits per heavy atom. The molecule has 0 aromatic heterocycles. The van der Waals surface area contributed by atoms with Gasteiger partial charge in [-0.1, -0.05) is 71.7 Å². The number of carbonyl (C=O) groups excluding carboxylic acids is 1. The van der Waals surface area contributed by atoms with Crippen LogP contribution >= 0.6 is 23.2 Å². The van der Waals surface area contributed by atoms with Crippen molar-refractivity contribution in [3.05, 3.63) is 88.4 Å². The molecule has 1 saturated heterocycles. The van der Waals surface area contributed by atoms with Gasteiger partial charge in [0.15, 0.2) is 0 Å². The summed E-state index contributed by atoms with van der Waals surface area (Å²) >= 11 is 12.8. The molecule has 30 heavy (non-hydrogen) atoms. The van der Waals surface area contributed by atoms with Gasteiger partial charge in [0.2, 0.25) is 5.91 Å². The molecule has 3 aromatic carbocycles. The number of aliphatic hydroxyl groups excluding tert-OH is 1. The van der Waals surface area contributed by atoms with Crippen molar-refractivity contribution in [1.29, 1.82) is 0 Å². The van der Waals surface area contributed by atoms with Crippen LogP contribution in [0.1, 0.15) is 24.8 Å². The summed E-state index contributed by atoms with van der Waals surface area (Å²) in [5.41, 5.74) is 3.27. The van der Waals surface area contributed by atoms with Crippen LogP contribution < -0.4 is 4.90 Å². The highest BCUT2D eigenvalue weighted by Gasteiger charge is 2.40. The molecule has 1 aliphatic heterocycles. The first kappa shape index (κ1) is 20.9. The molecule has 154 valence electrons. The predicted molar refractivity (Wildman–Crippen MR) is 123 cm³/mol. The highest BCUT2D eigenvalue weighted by molar-refractivity contribution is 6.39. The fraction of sp³-hybridized carbons (Fsp3) is 0.240. The van der Waals surface area contributed by atoms with Crippen molar-refractivity contribution in [1.82, 2.24) is 0 Å². The Hall–Kier alpha value is -2.33. The number of anilines is 1. The third-order valence-electron chi connectivity index (χ3n) is 5.99. The molecular formula is C25H23Cl2NO2. The van der Waals surface area contributed by atoms with E-state index in [-0.39, 0.29) is 17.9 Å². The van der Waals surface area contributed by atoms with Gasteiger partial charge in [0, 0.05) is 46.3 Å². The minimum atomic E-state index is -0.326. The number of benzene rings is 3. The summed E-state index contributed by atoms with van der Waals surface area (Å²) < 4.78 is 0. The van der Waals surface area contributed by atoms with E-state index in [4.69, 9.17) is 23.2 Å². The number of nitrogens with zero attached hydrogens (tertiary/aromatic N) is 1. The maximum atomic E-state index is 13.2. The molecule has 3 aromatic rings. The van der Waals surface area contributed by atoms with Crippen LogP contribution in [-0.4, -0.2) is 24.2 Å². The summed E-state index contributed by atoms with van der Waals surface area (Å²) in [6.07, 6.45) is 1.74. The Labute approximate surface area is 186 Å². The van der Waals surface area contributed by atoms with E-state index in [2.05, 4.69) is 12.1 Å². The molecule has 3 nitrogen and oxygen atoms in total. The lowest BCUT2D eigenvalue weighted by molar-refractivity contribution is -0.121. The van der Waals surface area contributed by atoms with Crippen molar-refractivity contribution in [3.8, 4) is 11.1 Å². The van der Waals surface area contributed by atoms with E-state index in [0.29, 0.717) is 29.4 Å². The highest BCUT2D eigenvalue weighted by Crippen LogP contribution is 2.41. The second kappa shape index (κ2) is 8.81. The standard InChI is InChI=1S/C25H23Cl2NO2/c26-21-10-5-11-22(27)24(21)18-6-4-9-20(16-18)28-14-12-25(13-15-29,17-23(28)30)19-7-2-1-3-8-19/h1-11,16,29H,12-15,17H2. The van der Waals surface area contributed by atoms with Gasteiger partial charge in [-0.3, -0.25) is 4.79 Å². The van der Waals surface area contributed by atoms with Gasteiger partial charge in [-0.25, -0.2) is 0 Å². The molecule has 1 fully saturated rings. The van der Waals surface area contributed by atoms with E-state index in [1.165, 1.54) is 0 Å². The third kappa shape index (κ3) is 3.98. The molecule has 0 saturated carbocycles. The Morgan fingerprint density at radius 3 is 2.30 bits per heavy atom. The molecular weight excluding hydrogens is 417 g/mol. The lowest BCUT2D eigenvalue weighted by Gasteiger charge is -2.41. The molecule has 5 heteroatoms. The van der Waals surface area contributed by atoms with Gasteiger partial charge >= 0.3 is 0 Å². The summed E-state index contributed by atoms with van der Waals surface area (Å²) in [6, 6.07) is 23.3. The molecule has 1 aliphatic rings. The Morgan fingerprint density at radius 1 is 0.933 bits per heavy atom. The monoisotopic (exact) mass is 439 g/mol. The van der Waals surface area contributed by atoms with Gasteiger partial charge in [0.1, 0.15) is 0 Å². The molecule has 1 amide bonds. The lowest BCUT2D eigenvalue weighted by Crippen LogP contribution is -2.47. The van der Waals surface area contributed by atoms with Crippen LogP contribution in [0.5, 0.6) is 0 Å². The number of hydrogen-bond donors (Lipinski definition) is 1. The van der Waals surface area contributed by atoms with Gasteiger partial charge in [0.25, 0.3) is 0 Å². The zero-order valence-electron chi connectivity index (χ0n) is 16.5. The van der Waals surface area contributed by atoms with Gasteiger partial charge in [-0.15, -0.1) is 0 Å². The van der Waals surface area contributed by atoms with Crippen LogP contribution in [0.15, 0.2) is 72.8 Å². The zero-order valence-corrected chi connectivity index (χ0v) is 18.0. The predicted octanol–water partition coefficient (Wildman–Crippen LogP) is 6.11. The van der Waals surface area contributed by atoms with Gasteiger partial charge in [-0.05, 0) is 48.2 Å². The van der Waals surface area contributed by atoms with Crippen LogP contribution in [0.25, 0.3) is 11.1 Å². The number of piperidine rings is 1. The first-order valence-corrected chi connectivity index (χ1v) is 10.8. The highest BCUT2D eigenvalue weighted by atomic mass is 35.5. The summed E-state index contributed by atoms with van der Waals surface area (Å²) in [6.45, 7) is 0.649. The Balaban J connectivity index is 1.64. The van der Waals surface area contributed by atoms with Crippen molar-refractivity contribution in [2.75, 3.05) is 18.1 Å². The van der Waals surface area contributed by atoms with Crippen LogP contribution in [0, 0.1) is 0 Å². The summed E-state index contributed by atoms with van der Waals surface area (Å²) in [5, 5.41) is 10.8. The first-order valence-electron chi connectivity index (χ1n) is 10.1. The zero-order chi connectivity index (χ0) is 21.1. The summed E-state index contributed by atoms with van der Waals surface area (Å²) in [7, 11) is 0. The molecule has 0 aliphatic carbocycles. The van der Waals surface area contributed by atoms with Gasteiger partial charge < -0.3 is 10.0 Å². The molecule has 1 heterocycles. The van der Waals surface area contributed by atoms with Crippen LogP contribution in [0.2, 0.25) is 10.0 Å². The first-order chi connectivity index (χ1) is 14.5. The van der Waals surface area contributed by atoms with Crippen LogP contribution in [0.4, 0.5) is 5.69 Å². The van der Waals surface area contributed by atoms with E-state index in [9.17, 15) is 9.90 Å². The van der Waals surface area contributed by atoms with Gasteiger partial charge in [-0.2, -0.15) is 0 Å². The molecule has 0 spiro atoms. The number of halogens is 2. The second-order valence-electron chi connectivity index (χ2n) is 7.74. The molecule has 1 unspecified atom stereocenters. The quantitative estimate of drug-likeness (QED) is 0.520. The number of rotatable bonds is 5. The van der Waals surface area contributed by atoms with Crippen molar-refractivity contribution in [2.24, 2.45) is 0 Å². The molecule has 1 atom stereocenters. The van der Waals surface area contributed by atoms with E-state index in [0.717, 1.165) is 28.8 Å². The third-order valence-corrected chi connectivity index (χ3v) is 6.62. The Bertz CT molecular complexity index is 1030. The van der Waals surface area contributed by atoms with Crippen molar-refractivity contribution < 1.29 is 9.90 Å². The summed E-state index contributed by atoms with van der Waals surface area (Å²) in [4.78, 5) is 15.1. The molecule has 0 radical (unpaired) electrons. The van der Waals surface area contributed by atoms with Crippen molar-refractivity contribution in [3.63, 3.8) is 0 Å². The average Bonchev–Trinajstić information content (AvgIpc) is 2.75. The smallest absolute Gasteiger partial charge is 0.227 e. The molecule has 0 bridgehead atoms. The maximum absolute atomic E-state index is 13.2. The minimum Gasteiger partial charge on any atom is -0.396 e. The Kier molecular flexibility index (Phi) is 6.14. The van der Waals surface area contributed by atoms with E-state index < -0.39 is 0 Å². The number of carbonyl (C=O) groups is 1. The fourth-order valence-electron chi connectivity index (χ4n) is 4.41. The van der Waals surface area contributed by atoms with E-state index in [1.807, 2.05) is 65.6 Å². The maximum Gasteiger partial charge on any atom is 0.227 e. The normalized spacial score (nSPS) is 19.2. The van der Waals surface area contributed by atoms with Gasteiger partial charge in [0.05, 0.1) is 0 Å². The van der Waals surface area contributed by atoms with Crippen LogP contribution in [0.3, 0.4) is 0 Å². The fourth-order valence-corrected chi connectivity index (χ4v) is 5.03. The second-order valence-corrected chi connectivity index (χ2v) is 8.55. The lowest BCUT2D eigenvalue weighted by atomic mass is 9.70. The van der Waals surface area contributed by atoms with Crippen molar-refractivity contribution in [2.45, 2.75) is 24.7 Å². The van der Waals surface area contributed by atoms with Crippen molar-refractivity contribution >= 4 is 34.8 Å². The number of hydrogen-bond acceptors (Lipinski definition) is 2. The topological polar surface area (TPSA) is 40.5 Å². The number of aliphatic hydroxyl groups is 1. The van der Waals surface area contributed by atoms with E-state index >= 15 is 0 Å². The van der Waals surface area contributed by atoms with Crippen LogP contribution in [-0.2, 0) is 10.2 Å². The van der Waals surface area contributed by atoms with E-state index in [1.54, 1.807) is 0 Å². The average molecular weight is 440 g/mol. The summed E-state index contributed by atoms with van der Waals surface area (Å²) in [5.74, 6) is 0.0564. The molecule has 4 rings (SSSR count). The minimum absolute atomic E-state index is 0.0564. The SMILES string of the molecule is O=C1CC(CCO)(c2ccccc2)CCN1c1cccc(-c2c(Cl)cccc2Cl)c1. The largest absolute Gasteiger partial charge is 0.396 e. The number of amides is 1.